The Morgan fingerprint density at radius 1 is 1.22 bits per heavy atom. The van der Waals surface area contributed by atoms with E-state index in [-0.39, 0.29) is 16.9 Å². The van der Waals surface area contributed by atoms with Gasteiger partial charge in [0.15, 0.2) is 17.4 Å². The van der Waals surface area contributed by atoms with Crippen LogP contribution in [0.15, 0.2) is 34.9 Å². The summed E-state index contributed by atoms with van der Waals surface area (Å²) in [5.74, 6) is -3.69. The molecule has 2 aromatic rings. The number of carboxylic acids is 1. The fourth-order valence-corrected chi connectivity index (χ4v) is 1.54. The number of aliphatic hydroxyl groups excluding tert-OH is 1. The van der Waals surface area contributed by atoms with Gasteiger partial charge in [0.2, 0.25) is 0 Å². The molecule has 6 heteroatoms. The Morgan fingerprint density at radius 2 is 1.94 bits per heavy atom. The van der Waals surface area contributed by atoms with Crippen LogP contribution in [-0.4, -0.2) is 16.2 Å². The molecule has 0 fully saturated rings. The Hall–Kier alpha value is -2.21. The summed E-state index contributed by atoms with van der Waals surface area (Å²) in [5.41, 5.74) is -0.224. The Balaban J connectivity index is 2.41. The van der Waals surface area contributed by atoms with Crippen LogP contribution in [0.5, 0.6) is 0 Å². The number of rotatable bonds is 3. The van der Waals surface area contributed by atoms with Crippen LogP contribution in [0.2, 0.25) is 0 Å². The minimum atomic E-state index is -1.47. The number of furan rings is 1. The highest BCUT2D eigenvalue weighted by atomic mass is 19.2. The Bertz CT molecular complexity index is 592. The minimum Gasteiger partial charge on any atom is -0.478 e. The number of hydrogen-bond donors (Lipinski definition) is 2. The van der Waals surface area contributed by atoms with Crippen LogP contribution in [0.3, 0.4) is 0 Å². The van der Waals surface area contributed by atoms with Gasteiger partial charge in [-0.15, -0.1) is 0 Å². The molecule has 0 radical (unpaired) electrons. The van der Waals surface area contributed by atoms with Crippen molar-refractivity contribution in [1.29, 1.82) is 0 Å². The monoisotopic (exact) mass is 254 g/mol. The summed E-state index contributed by atoms with van der Waals surface area (Å²) >= 11 is 0. The zero-order chi connectivity index (χ0) is 13.3. The first kappa shape index (κ1) is 12.3. The maximum absolute atomic E-state index is 13.0. The third-order valence-electron chi connectivity index (χ3n) is 2.43. The van der Waals surface area contributed by atoms with Gasteiger partial charge < -0.3 is 14.6 Å². The summed E-state index contributed by atoms with van der Waals surface area (Å²) in [6, 6.07) is 3.95. The summed E-state index contributed by atoms with van der Waals surface area (Å²) in [6.45, 7) is 0. The van der Waals surface area contributed by atoms with Gasteiger partial charge in [-0.3, -0.25) is 0 Å². The molecule has 1 aromatic heterocycles. The Morgan fingerprint density at radius 3 is 2.56 bits per heavy atom. The van der Waals surface area contributed by atoms with Crippen molar-refractivity contribution in [2.24, 2.45) is 0 Å². The van der Waals surface area contributed by atoms with E-state index in [4.69, 9.17) is 9.52 Å². The van der Waals surface area contributed by atoms with Crippen molar-refractivity contribution in [1.82, 2.24) is 0 Å². The quantitative estimate of drug-likeness (QED) is 0.881. The second kappa shape index (κ2) is 4.58. The molecule has 1 unspecified atom stereocenters. The van der Waals surface area contributed by atoms with Crippen LogP contribution in [0.4, 0.5) is 8.78 Å². The summed E-state index contributed by atoms with van der Waals surface area (Å²) in [4.78, 5) is 10.8. The lowest BCUT2D eigenvalue weighted by Gasteiger charge is -2.09. The van der Waals surface area contributed by atoms with E-state index in [0.717, 1.165) is 24.5 Å². The van der Waals surface area contributed by atoms with Gasteiger partial charge >= 0.3 is 5.97 Å². The molecule has 0 spiro atoms. The van der Waals surface area contributed by atoms with Gasteiger partial charge in [-0.25, -0.2) is 13.6 Å². The predicted molar refractivity (Wildman–Crippen MR) is 56.1 cm³/mol. The van der Waals surface area contributed by atoms with Gasteiger partial charge in [0.05, 0.1) is 6.26 Å². The largest absolute Gasteiger partial charge is 0.478 e. The average Bonchev–Trinajstić information content (AvgIpc) is 2.81. The van der Waals surface area contributed by atoms with E-state index in [2.05, 4.69) is 0 Å². The van der Waals surface area contributed by atoms with Crippen molar-refractivity contribution in [2.75, 3.05) is 0 Å². The molecule has 1 atom stereocenters. The van der Waals surface area contributed by atoms with Crippen molar-refractivity contribution < 1.29 is 28.2 Å². The first-order valence-electron chi connectivity index (χ1n) is 4.94. The smallest absolute Gasteiger partial charge is 0.339 e. The number of carbonyl (C=O) groups is 1. The second-order valence-corrected chi connectivity index (χ2v) is 3.58. The summed E-state index contributed by atoms with van der Waals surface area (Å²) in [5, 5.41) is 18.7. The molecule has 1 aromatic carbocycles. The van der Waals surface area contributed by atoms with Crippen molar-refractivity contribution in [3.8, 4) is 0 Å². The van der Waals surface area contributed by atoms with E-state index in [1.165, 1.54) is 6.07 Å². The molecule has 0 amide bonds. The van der Waals surface area contributed by atoms with Crippen molar-refractivity contribution >= 4 is 5.97 Å². The Kier molecular flexibility index (Phi) is 3.12. The third kappa shape index (κ3) is 2.10. The number of aromatic carboxylic acids is 1. The normalized spacial score (nSPS) is 12.4. The van der Waals surface area contributed by atoms with Crippen molar-refractivity contribution in [3.05, 3.63) is 59.1 Å². The highest BCUT2D eigenvalue weighted by molar-refractivity contribution is 5.88. The maximum Gasteiger partial charge on any atom is 0.339 e. The zero-order valence-corrected chi connectivity index (χ0v) is 8.93. The van der Waals surface area contributed by atoms with Gasteiger partial charge in [0, 0.05) is 0 Å². The standard InChI is InChI=1S/C12H8F2O4/c13-8-2-1-6(5-9(8)14)10(15)11-7(12(16)17)3-4-18-11/h1-5,10,15H,(H,16,17). The van der Waals surface area contributed by atoms with Crippen LogP contribution in [-0.2, 0) is 0 Å². The fraction of sp³-hybridized carbons (Fsp3) is 0.0833. The molecule has 0 saturated heterocycles. The van der Waals surface area contributed by atoms with Crippen LogP contribution in [0.25, 0.3) is 0 Å². The lowest BCUT2D eigenvalue weighted by molar-refractivity contribution is 0.0687. The van der Waals surface area contributed by atoms with E-state index in [1.807, 2.05) is 0 Å². The molecule has 18 heavy (non-hydrogen) atoms. The molecule has 0 saturated carbocycles. The molecule has 0 aliphatic heterocycles. The van der Waals surface area contributed by atoms with Crippen molar-refractivity contribution in [2.45, 2.75) is 6.10 Å². The van der Waals surface area contributed by atoms with E-state index >= 15 is 0 Å². The topological polar surface area (TPSA) is 70.7 Å². The molecule has 2 rings (SSSR count). The average molecular weight is 254 g/mol. The van der Waals surface area contributed by atoms with Crippen LogP contribution in [0, 0.1) is 11.6 Å². The summed E-state index contributed by atoms with van der Waals surface area (Å²) in [6.07, 6.45) is -0.372. The number of benzene rings is 1. The zero-order valence-electron chi connectivity index (χ0n) is 8.93. The lowest BCUT2D eigenvalue weighted by Crippen LogP contribution is -2.06. The predicted octanol–water partition coefficient (Wildman–Crippen LogP) is 2.34. The first-order chi connectivity index (χ1) is 8.50. The van der Waals surface area contributed by atoms with E-state index in [1.54, 1.807) is 0 Å². The molecule has 0 bridgehead atoms. The van der Waals surface area contributed by atoms with Gasteiger partial charge in [0.1, 0.15) is 11.7 Å². The molecule has 0 aliphatic carbocycles. The molecule has 94 valence electrons. The van der Waals surface area contributed by atoms with Crippen LogP contribution in [0.1, 0.15) is 27.8 Å². The highest BCUT2D eigenvalue weighted by Crippen LogP contribution is 2.26. The van der Waals surface area contributed by atoms with Crippen molar-refractivity contribution in [3.63, 3.8) is 0 Å². The minimum absolute atomic E-state index is 0.00588. The van der Waals surface area contributed by atoms with E-state index in [9.17, 15) is 18.7 Å². The van der Waals surface area contributed by atoms with Crippen LogP contribution < -0.4 is 0 Å². The molecular weight excluding hydrogens is 246 g/mol. The summed E-state index contributed by atoms with van der Waals surface area (Å²) in [7, 11) is 0. The second-order valence-electron chi connectivity index (χ2n) is 3.58. The maximum atomic E-state index is 13.0. The first-order valence-corrected chi connectivity index (χ1v) is 4.94. The third-order valence-corrected chi connectivity index (χ3v) is 2.43. The highest BCUT2D eigenvalue weighted by Gasteiger charge is 2.22. The van der Waals surface area contributed by atoms with E-state index in [0.29, 0.717) is 0 Å². The molecule has 2 N–H and O–H groups in total. The number of aliphatic hydroxyl groups is 1. The van der Waals surface area contributed by atoms with Gasteiger partial charge in [0.25, 0.3) is 0 Å². The number of halogens is 2. The van der Waals surface area contributed by atoms with Gasteiger partial charge in [-0.05, 0) is 23.8 Å². The molecule has 4 nitrogen and oxygen atoms in total. The summed E-state index contributed by atoms with van der Waals surface area (Å²) < 4.78 is 30.6. The SMILES string of the molecule is O=C(O)c1ccoc1C(O)c1ccc(F)c(F)c1. The van der Waals surface area contributed by atoms with Gasteiger partial charge in [-0.2, -0.15) is 0 Å². The lowest BCUT2D eigenvalue weighted by atomic mass is 10.0. The number of hydrogen-bond acceptors (Lipinski definition) is 3. The van der Waals surface area contributed by atoms with Gasteiger partial charge in [-0.1, -0.05) is 6.07 Å². The van der Waals surface area contributed by atoms with Crippen LogP contribution >= 0.6 is 0 Å². The molecule has 1 heterocycles. The van der Waals surface area contributed by atoms with E-state index < -0.39 is 23.7 Å². The molecular formula is C12H8F2O4. The Labute approximate surface area is 100 Å². The number of carboxylic acid groups (broad SMARTS) is 1. The fourth-order valence-electron chi connectivity index (χ4n) is 1.54. The molecule has 0 aliphatic rings.